The number of benzene rings is 2. The Morgan fingerprint density at radius 2 is 1.76 bits per heavy atom. The quantitative estimate of drug-likeness (QED) is 0.468. The Bertz CT molecular complexity index is 1260. The second-order valence-electron chi connectivity index (χ2n) is 7.94. The lowest BCUT2D eigenvalue weighted by atomic mass is 10.1. The molecule has 3 heterocycles. The lowest BCUT2D eigenvalue weighted by Gasteiger charge is -2.26. The van der Waals surface area contributed by atoms with Crippen molar-refractivity contribution in [1.29, 1.82) is 0 Å². The molecule has 1 aliphatic rings. The Morgan fingerprint density at radius 1 is 1.03 bits per heavy atom. The van der Waals surface area contributed by atoms with Crippen LogP contribution in [0.3, 0.4) is 0 Å². The maximum atomic E-state index is 13.0. The summed E-state index contributed by atoms with van der Waals surface area (Å²) >= 11 is 1.65. The Morgan fingerprint density at radius 3 is 2.48 bits per heavy atom. The van der Waals surface area contributed by atoms with Crippen molar-refractivity contribution in [2.45, 2.75) is 13.8 Å². The average molecular weight is 460 g/mol. The third-order valence-corrected chi connectivity index (χ3v) is 6.63. The van der Waals surface area contributed by atoms with Gasteiger partial charge in [0.05, 0.1) is 41.5 Å². The van der Waals surface area contributed by atoms with Gasteiger partial charge in [-0.3, -0.25) is 4.79 Å². The highest BCUT2D eigenvalue weighted by atomic mass is 32.1. The number of aromatic nitrogens is 3. The fourth-order valence-electron chi connectivity index (χ4n) is 4.01. The van der Waals surface area contributed by atoms with E-state index in [4.69, 9.17) is 9.72 Å². The van der Waals surface area contributed by atoms with Gasteiger partial charge >= 0.3 is 0 Å². The number of carbonyl (C=O) groups excluding carboxylic acids is 1. The van der Waals surface area contributed by atoms with Crippen molar-refractivity contribution in [3.63, 3.8) is 0 Å². The molecule has 5 rings (SSSR count). The van der Waals surface area contributed by atoms with Gasteiger partial charge in [0.1, 0.15) is 0 Å². The van der Waals surface area contributed by atoms with E-state index >= 15 is 0 Å². The van der Waals surface area contributed by atoms with Crippen LogP contribution in [0, 0.1) is 13.8 Å². The highest BCUT2D eigenvalue weighted by Crippen LogP contribution is 2.29. The number of nitrogens with zero attached hydrogens (tertiary/aromatic N) is 4. The fraction of sp³-hybridized carbons (Fsp3) is 0.240. The minimum atomic E-state index is -0.164. The van der Waals surface area contributed by atoms with Crippen LogP contribution in [0.1, 0.15) is 21.7 Å². The lowest BCUT2D eigenvalue weighted by molar-refractivity contribution is 0.102. The number of carbonyl (C=O) groups is 1. The van der Waals surface area contributed by atoms with E-state index in [2.05, 4.69) is 20.7 Å². The highest BCUT2D eigenvalue weighted by Gasteiger charge is 2.20. The largest absolute Gasteiger partial charge is 0.378 e. The van der Waals surface area contributed by atoms with Gasteiger partial charge in [-0.25, -0.2) is 9.67 Å². The molecule has 2 aromatic carbocycles. The van der Waals surface area contributed by atoms with Gasteiger partial charge in [0.25, 0.3) is 5.91 Å². The summed E-state index contributed by atoms with van der Waals surface area (Å²) in [5.41, 5.74) is 5.73. The maximum Gasteiger partial charge on any atom is 0.259 e. The number of para-hydroxylation sites is 1. The average Bonchev–Trinajstić information content (AvgIpc) is 3.45. The van der Waals surface area contributed by atoms with E-state index in [0.29, 0.717) is 11.3 Å². The summed E-state index contributed by atoms with van der Waals surface area (Å²) in [7, 11) is 0. The summed E-state index contributed by atoms with van der Waals surface area (Å²) in [6, 6.07) is 17.6. The van der Waals surface area contributed by atoms with Crippen LogP contribution in [0.25, 0.3) is 16.9 Å². The van der Waals surface area contributed by atoms with E-state index in [1.54, 1.807) is 11.3 Å². The van der Waals surface area contributed by atoms with Crippen molar-refractivity contribution in [2.24, 2.45) is 0 Å². The molecule has 1 aliphatic heterocycles. The van der Waals surface area contributed by atoms with Crippen molar-refractivity contribution in [3.05, 3.63) is 76.9 Å². The molecule has 0 bridgehead atoms. The van der Waals surface area contributed by atoms with Crippen molar-refractivity contribution < 1.29 is 9.53 Å². The minimum absolute atomic E-state index is 0.164. The van der Waals surface area contributed by atoms with Gasteiger partial charge in [-0.1, -0.05) is 30.3 Å². The zero-order chi connectivity index (χ0) is 22.8. The van der Waals surface area contributed by atoms with Gasteiger partial charge in [0.2, 0.25) is 0 Å². The Labute approximate surface area is 196 Å². The Hall–Kier alpha value is -3.49. The molecule has 2 aromatic heterocycles. The van der Waals surface area contributed by atoms with E-state index in [9.17, 15) is 4.79 Å². The summed E-state index contributed by atoms with van der Waals surface area (Å²) in [5, 5.41) is 10.7. The zero-order valence-corrected chi connectivity index (χ0v) is 19.4. The van der Waals surface area contributed by atoms with E-state index < -0.39 is 0 Å². The van der Waals surface area contributed by atoms with Crippen LogP contribution in [-0.4, -0.2) is 47.0 Å². The molecular weight excluding hydrogens is 434 g/mol. The van der Waals surface area contributed by atoms with Crippen LogP contribution in [-0.2, 0) is 4.74 Å². The van der Waals surface area contributed by atoms with Crippen molar-refractivity contribution in [2.75, 3.05) is 36.5 Å². The van der Waals surface area contributed by atoms with Gasteiger partial charge in [-0.15, -0.1) is 11.3 Å². The predicted molar refractivity (Wildman–Crippen MR) is 132 cm³/mol. The number of hydrogen-bond acceptors (Lipinski definition) is 6. The first-order valence-electron chi connectivity index (χ1n) is 10.9. The molecule has 1 saturated heterocycles. The molecule has 0 saturated carbocycles. The summed E-state index contributed by atoms with van der Waals surface area (Å²) in [6.45, 7) is 7.01. The fourth-order valence-corrected chi connectivity index (χ4v) is 4.90. The number of aryl methyl sites for hydroxylation is 1. The van der Waals surface area contributed by atoms with Crippen molar-refractivity contribution >= 4 is 28.1 Å². The van der Waals surface area contributed by atoms with E-state index in [1.165, 1.54) is 0 Å². The first-order chi connectivity index (χ1) is 16.1. The molecule has 7 nitrogen and oxygen atoms in total. The molecule has 1 fully saturated rings. The summed E-state index contributed by atoms with van der Waals surface area (Å²) in [6.07, 6.45) is 0. The monoisotopic (exact) mass is 459 g/mol. The molecule has 1 amide bonds. The number of morpholine rings is 1. The number of anilines is 2. The van der Waals surface area contributed by atoms with E-state index in [-0.39, 0.29) is 5.91 Å². The van der Waals surface area contributed by atoms with Gasteiger partial charge in [-0.2, -0.15) is 5.10 Å². The zero-order valence-electron chi connectivity index (χ0n) is 18.6. The number of amides is 1. The van der Waals surface area contributed by atoms with Crippen LogP contribution in [0.4, 0.5) is 10.8 Å². The third-order valence-electron chi connectivity index (χ3n) is 5.73. The van der Waals surface area contributed by atoms with E-state index in [0.717, 1.165) is 59.8 Å². The molecule has 0 radical (unpaired) electrons. The number of ether oxygens (including phenoxy) is 1. The molecule has 0 atom stereocenters. The molecule has 4 aromatic rings. The third kappa shape index (κ3) is 4.40. The summed E-state index contributed by atoms with van der Waals surface area (Å²) < 4.78 is 7.23. The normalized spacial score (nSPS) is 13.8. The van der Waals surface area contributed by atoms with Gasteiger partial charge in [0, 0.05) is 29.7 Å². The number of hydrogen-bond donors (Lipinski definition) is 1. The first kappa shape index (κ1) is 21.4. The molecule has 33 heavy (non-hydrogen) atoms. The van der Waals surface area contributed by atoms with Crippen LogP contribution in [0.2, 0.25) is 0 Å². The first-order valence-corrected chi connectivity index (χ1v) is 11.8. The van der Waals surface area contributed by atoms with Gasteiger partial charge in [-0.05, 0) is 38.1 Å². The second kappa shape index (κ2) is 9.17. The maximum absolute atomic E-state index is 13.0. The standard InChI is InChI=1S/C25H25N5O2S/c1-17-23(18(2)30(28-17)21-6-4-3-5-7-21)24(31)26-20-10-8-19(9-11-20)22-16-33-25(27-22)29-12-14-32-15-13-29/h3-11,16H,12-15H2,1-2H3,(H,26,31). The van der Waals surface area contributed by atoms with Crippen LogP contribution >= 0.6 is 11.3 Å². The molecule has 0 unspecified atom stereocenters. The molecule has 8 heteroatoms. The molecule has 1 N–H and O–H groups in total. The molecule has 168 valence electrons. The second-order valence-corrected chi connectivity index (χ2v) is 8.78. The molecule has 0 aliphatic carbocycles. The van der Waals surface area contributed by atoms with Crippen LogP contribution < -0.4 is 10.2 Å². The summed E-state index contributed by atoms with van der Waals surface area (Å²) in [4.78, 5) is 20.1. The topological polar surface area (TPSA) is 72.3 Å². The minimum Gasteiger partial charge on any atom is -0.378 e. The van der Waals surface area contributed by atoms with Crippen LogP contribution in [0.5, 0.6) is 0 Å². The Kier molecular flexibility index (Phi) is 5.93. The number of thiazole rings is 1. The highest BCUT2D eigenvalue weighted by molar-refractivity contribution is 7.14. The van der Waals surface area contributed by atoms with Crippen molar-refractivity contribution in [1.82, 2.24) is 14.8 Å². The lowest BCUT2D eigenvalue weighted by Crippen LogP contribution is -2.36. The van der Waals surface area contributed by atoms with Gasteiger partial charge in [0.15, 0.2) is 5.13 Å². The van der Waals surface area contributed by atoms with Crippen molar-refractivity contribution in [3.8, 4) is 16.9 Å². The van der Waals surface area contributed by atoms with Gasteiger partial charge < -0.3 is 15.0 Å². The Balaban J connectivity index is 1.31. The summed E-state index contributed by atoms with van der Waals surface area (Å²) in [5.74, 6) is -0.164. The molecular formula is C25H25N5O2S. The smallest absolute Gasteiger partial charge is 0.259 e. The SMILES string of the molecule is Cc1nn(-c2ccccc2)c(C)c1C(=O)Nc1ccc(-c2csc(N3CCOCC3)n2)cc1. The predicted octanol–water partition coefficient (Wildman–Crippen LogP) is 4.70. The number of rotatable bonds is 5. The number of nitrogens with one attached hydrogen (secondary N) is 1. The van der Waals surface area contributed by atoms with Crippen LogP contribution in [0.15, 0.2) is 60.0 Å². The molecule has 0 spiro atoms. The van der Waals surface area contributed by atoms with E-state index in [1.807, 2.05) is 73.1 Å².